The van der Waals surface area contributed by atoms with Crippen molar-refractivity contribution in [3.63, 3.8) is 0 Å². The molecule has 0 bridgehead atoms. The molecule has 0 aliphatic carbocycles. The zero-order valence-corrected chi connectivity index (χ0v) is 13.6. The van der Waals surface area contributed by atoms with Crippen molar-refractivity contribution in [2.24, 2.45) is 5.92 Å². The summed E-state index contributed by atoms with van der Waals surface area (Å²) in [5, 5.41) is 0. The summed E-state index contributed by atoms with van der Waals surface area (Å²) in [7, 11) is -3.35. The second-order valence-corrected chi connectivity index (χ2v) is 7.96. The van der Waals surface area contributed by atoms with Crippen LogP contribution in [-0.4, -0.2) is 25.8 Å². The Morgan fingerprint density at radius 3 is 2.41 bits per heavy atom. The van der Waals surface area contributed by atoms with Crippen molar-refractivity contribution >= 4 is 10.0 Å². The summed E-state index contributed by atoms with van der Waals surface area (Å²) in [6, 6.07) is 17.4. The first kappa shape index (κ1) is 15.3. The molecule has 1 atom stereocenters. The molecule has 0 N–H and O–H groups in total. The van der Waals surface area contributed by atoms with Crippen LogP contribution in [0.1, 0.15) is 17.5 Å². The topological polar surface area (TPSA) is 37.4 Å². The second-order valence-electron chi connectivity index (χ2n) is 6.02. The number of hydrogen-bond donors (Lipinski definition) is 0. The molecule has 22 heavy (non-hydrogen) atoms. The third kappa shape index (κ3) is 3.23. The van der Waals surface area contributed by atoms with E-state index in [1.165, 1.54) is 5.56 Å². The van der Waals surface area contributed by atoms with Gasteiger partial charge >= 0.3 is 0 Å². The molecule has 116 valence electrons. The highest BCUT2D eigenvalue weighted by molar-refractivity contribution is 7.89. The molecule has 2 aromatic carbocycles. The van der Waals surface area contributed by atoms with E-state index in [4.69, 9.17) is 0 Å². The largest absolute Gasteiger partial charge is 0.243 e. The fourth-order valence-electron chi connectivity index (χ4n) is 2.99. The Balaban J connectivity index is 1.70. The van der Waals surface area contributed by atoms with Crippen LogP contribution in [-0.2, 0) is 16.4 Å². The van der Waals surface area contributed by atoms with E-state index in [2.05, 4.69) is 12.1 Å². The van der Waals surface area contributed by atoms with E-state index in [1.807, 2.05) is 37.3 Å². The van der Waals surface area contributed by atoms with Gasteiger partial charge in [-0.25, -0.2) is 8.42 Å². The van der Waals surface area contributed by atoms with Crippen molar-refractivity contribution in [2.45, 2.75) is 24.7 Å². The maximum atomic E-state index is 12.7. The van der Waals surface area contributed by atoms with E-state index in [0.717, 1.165) is 18.4 Å². The number of rotatable bonds is 4. The Morgan fingerprint density at radius 1 is 1.05 bits per heavy atom. The molecule has 0 amide bonds. The fourth-order valence-corrected chi connectivity index (χ4v) is 4.52. The van der Waals surface area contributed by atoms with Crippen molar-refractivity contribution in [3.05, 3.63) is 65.7 Å². The SMILES string of the molecule is Cc1ccc(S(=O)(=O)N2CCC(Cc3ccccc3)C2)cc1. The first-order valence-corrected chi connectivity index (χ1v) is 9.10. The zero-order chi connectivity index (χ0) is 15.6. The minimum atomic E-state index is -3.35. The first-order chi connectivity index (χ1) is 10.6. The van der Waals surface area contributed by atoms with Gasteiger partial charge in [0, 0.05) is 13.1 Å². The van der Waals surface area contributed by atoms with Gasteiger partial charge in [0.2, 0.25) is 10.0 Å². The highest BCUT2D eigenvalue weighted by Crippen LogP contribution is 2.26. The van der Waals surface area contributed by atoms with Crippen LogP contribution < -0.4 is 0 Å². The smallest absolute Gasteiger partial charge is 0.207 e. The summed E-state index contributed by atoms with van der Waals surface area (Å²) in [6.45, 7) is 3.20. The summed E-state index contributed by atoms with van der Waals surface area (Å²) < 4.78 is 27.0. The van der Waals surface area contributed by atoms with E-state index < -0.39 is 10.0 Å². The highest BCUT2D eigenvalue weighted by atomic mass is 32.2. The van der Waals surface area contributed by atoms with Crippen molar-refractivity contribution in [3.8, 4) is 0 Å². The van der Waals surface area contributed by atoms with Gasteiger partial charge in [-0.15, -0.1) is 0 Å². The first-order valence-electron chi connectivity index (χ1n) is 7.66. The number of aryl methyl sites for hydroxylation is 1. The van der Waals surface area contributed by atoms with Crippen LogP contribution in [0.5, 0.6) is 0 Å². The molecule has 4 heteroatoms. The Morgan fingerprint density at radius 2 is 1.73 bits per heavy atom. The molecule has 1 aliphatic rings. The molecule has 1 saturated heterocycles. The fraction of sp³-hybridized carbons (Fsp3) is 0.333. The van der Waals surface area contributed by atoms with Crippen molar-refractivity contribution in [1.82, 2.24) is 4.31 Å². The number of benzene rings is 2. The summed E-state index contributed by atoms with van der Waals surface area (Å²) in [4.78, 5) is 0.401. The molecule has 0 saturated carbocycles. The van der Waals surface area contributed by atoms with Gasteiger partial charge in [-0.1, -0.05) is 48.0 Å². The predicted octanol–water partition coefficient (Wildman–Crippen LogP) is 3.25. The van der Waals surface area contributed by atoms with Crippen LogP contribution in [0.25, 0.3) is 0 Å². The van der Waals surface area contributed by atoms with Gasteiger partial charge in [-0.3, -0.25) is 0 Å². The average molecular weight is 315 g/mol. The quantitative estimate of drug-likeness (QED) is 0.868. The van der Waals surface area contributed by atoms with Gasteiger partial charge in [0.25, 0.3) is 0 Å². The lowest BCUT2D eigenvalue weighted by molar-refractivity contribution is 0.456. The monoisotopic (exact) mass is 315 g/mol. The summed E-state index contributed by atoms with van der Waals surface area (Å²) in [5.74, 6) is 0.405. The standard InChI is InChI=1S/C18H21NO2S/c1-15-7-9-18(10-8-15)22(20,21)19-12-11-17(14-19)13-16-5-3-2-4-6-16/h2-10,17H,11-14H2,1H3. The lowest BCUT2D eigenvalue weighted by Crippen LogP contribution is -2.29. The number of sulfonamides is 1. The van der Waals surface area contributed by atoms with E-state index in [-0.39, 0.29) is 0 Å². The zero-order valence-electron chi connectivity index (χ0n) is 12.8. The average Bonchev–Trinajstić information content (AvgIpc) is 2.98. The number of hydrogen-bond acceptors (Lipinski definition) is 2. The Labute approximate surface area is 132 Å². The molecule has 2 aromatic rings. The molecule has 1 fully saturated rings. The maximum absolute atomic E-state index is 12.7. The van der Waals surface area contributed by atoms with Crippen LogP contribution in [0.15, 0.2) is 59.5 Å². The molecule has 3 rings (SSSR count). The van der Waals surface area contributed by atoms with E-state index >= 15 is 0 Å². The van der Waals surface area contributed by atoms with Gasteiger partial charge < -0.3 is 0 Å². The van der Waals surface area contributed by atoms with Gasteiger partial charge in [-0.2, -0.15) is 4.31 Å². The minimum absolute atomic E-state index is 0.401. The van der Waals surface area contributed by atoms with Crippen LogP contribution >= 0.6 is 0 Å². The van der Waals surface area contributed by atoms with Crippen LogP contribution in [0.4, 0.5) is 0 Å². The predicted molar refractivity (Wildman–Crippen MR) is 88.2 cm³/mol. The molecule has 1 heterocycles. The highest BCUT2D eigenvalue weighted by Gasteiger charge is 2.32. The summed E-state index contributed by atoms with van der Waals surface area (Å²) >= 11 is 0. The maximum Gasteiger partial charge on any atom is 0.243 e. The third-order valence-electron chi connectivity index (χ3n) is 4.27. The van der Waals surface area contributed by atoms with Gasteiger partial charge in [0.15, 0.2) is 0 Å². The Hall–Kier alpha value is -1.65. The normalized spacial score (nSPS) is 19.4. The molecule has 0 spiro atoms. The lowest BCUT2D eigenvalue weighted by Gasteiger charge is -2.17. The molecule has 1 unspecified atom stereocenters. The third-order valence-corrected chi connectivity index (χ3v) is 6.15. The van der Waals surface area contributed by atoms with Crippen LogP contribution in [0.2, 0.25) is 0 Å². The van der Waals surface area contributed by atoms with E-state index in [0.29, 0.717) is 23.9 Å². The number of nitrogens with zero attached hydrogens (tertiary/aromatic N) is 1. The summed E-state index contributed by atoms with van der Waals surface area (Å²) in [6.07, 6.45) is 1.88. The van der Waals surface area contributed by atoms with Crippen LogP contribution in [0.3, 0.4) is 0 Å². The van der Waals surface area contributed by atoms with E-state index in [1.54, 1.807) is 16.4 Å². The van der Waals surface area contributed by atoms with Crippen molar-refractivity contribution < 1.29 is 8.42 Å². The van der Waals surface area contributed by atoms with Gasteiger partial charge in [0.05, 0.1) is 4.90 Å². The van der Waals surface area contributed by atoms with Crippen molar-refractivity contribution in [1.29, 1.82) is 0 Å². The molecular weight excluding hydrogens is 294 g/mol. The van der Waals surface area contributed by atoms with Crippen LogP contribution in [0, 0.1) is 12.8 Å². The molecular formula is C18H21NO2S. The van der Waals surface area contributed by atoms with Gasteiger partial charge in [-0.05, 0) is 43.4 Å². The van der Waals surface area contributed by atoms with Crippen molar-refractivity contribution in [2.75, 3.05) is 13.1 Å². The Kier molecular flexibility index (Phi) is 4.32. The molecule has 0 aromatic heterocycles. The summed E-state index contributed by atoms with van der Waals surface area (Å²) in [5.41, 5.74) is 2.35. The van der Waals surface area contributed by atoms with Gasteiger partial charge in [0.1, 0.15) is 0 Å². The molecule has 3 nitrogen and oxygen atoms in total. The lowest BCUT2D eigenvalue weighted by atomic mass is 9.99. The minimum Gasteiger partial charge on any atom is -0.207 e. The van der Waals surface area contributed by atoms with E-state index in [9.17, 15) is 8.42 Å². The molecule has 1 aliphatic heterocycles. The Bertz CT molecular complexity index is 723. The molecule has 0 radical (unpaired) electrons. The second kappa shape index (κ2) is 6.23.